The summed E-state index contributed by atoms with van der Waals surface area (Å²) in [7, 11) is 0. The van der Waals surface area contributed by atoms with Crippen molar-refractivity contribution < 1.29 is 18.3 Å². The smallest absolute Gasteiger partial charge is 0.266 e. The zero-order valence-electron chi connectivity index (χ0n) is 14.5. The third kappa shape index (κ3) is 4.58. The van der Waals surface area contributed by atoms with E-state index in [1.807, 2.05) is 6.07 Å². The average Bonchev–Trinajstić information content (AvgIpc) is 2.63. The first-order chi connectivity index (χ1) is 12.5. The fraction of sp³-hybridized carbons (Fsp3) is 0.350. The van der Waals surface area contributed by atoms with Crippen molar-refractivity contribution in [2.75, 3.05) is 6.54 Å². The first-order valence-corrected chi connectivity index (χ1v) is 8.73. The van der Waals surface area contributed by atoms with Crippen LogP contribution in [-0.2, 0) is 4.79 Å². The number of piperidine rings is 1. The Labute approximate surface area is 151 Å². The summed E-state index contributed by atoms with van der Waals surface area (Å²) in [6.45, 7) is 2.91. The molecule has 0 saturated carbocycles. The van der Waals surface area contributed by atoms with E-state index in [-0.39, 0.29) is 17.7 Å². The highest BCUT2D eigenvalue weighted by Crippen LogP contribution is 2.24. The fourth-order valence-corrected chi connectivity index (χ4v) is 3.13. The van der Waals surface area contributed by atoms with Crippen molar-refractivity contribution in [2.45, 2.75) is 38.0 Å². The topological polar surface area (TPSA) is 50.4 Å². The third-order valence-electron chi connectivity index (χ3n) is 4.46. The summed E-state index contributed by atoms with van der Waals surface area (Å²) in [4.78, 5) is 12.9. The van der Waals surface area contributed by atoms with Crippen LogP contribution in [0.4, 0.5) is 8.78 Å². The number of ether oxygens (including phenoxy) is 1. The lowest BCUT2D eigenvalue weighted by Crippen LogP contribution is -2.48. The van der Waals surface area contributed by atoms with Gasteiger partial charge < -0.3 is 15.4 Å². The Kier molecular flexibility index (Phi) is 5.83. The van der Waals surface area contributed by atoms with Gasteiger partial charge in [0.25, 0.3) is 5.91 Å². The van der Waals surface area contributed by atoms with Gasteiger partial charge in [0.2, 0.25) is 6.10 Å². The van der Waals surface area contributed by atoms with Gasteiger partial charge in [-0.2, -0.15) is 0 Å². The second-order valence-electron chi connectivity index (χ2n) is 6.57. The molecule has 1 amide bonds. The van der Waals surface area contributed by atoms with E-state index in [4.69, 9.17) is 4.74 Å². The Morgan fingerprint density at radius 3 is 2.65 bits per heavy atom. The minimum absolute atomic E-state index is 0.0542. The van der Waals surface area contributed by atoms with Crippen molar-refractivity contribution in [3.63, 3.8) is 0 Å². The molecule has 0 bridgehead atoms. The largest absolute Gasteiger partial charge is 0.476 e. The number of carbonyl (C=O) groups is 1. The van der Waals surface area contributed by atoms with Gasteiger partial charge in [0, 0.05) is 23.7 Å². The zero-order chi connectivity index (χ0) is 18.5. The highest BCUT2D eigenvalue weighted by molar-refractivity contribution is 5.82. The van der Waals surface area contributed by atoms with Crippen LogP contribution < -0.4 is 15.4 Å². The minimum Gasteiger partial charge on any atom is -0.476 e. The van der Waals surface area contributed by atoms with E-state index in [0.717, 1.165) is 31.5 Å². The maximum absolute atomic E-state index is 13.5. The van der Waals surface area contributed by atoms with Crippen LogP contribution in [0.1, 0.15) is 31.4 Å². The third-order valence-corrected chi connectivity index (χ3v) is 4.46. The van der Waals surface area contributed by atoms with Gasteiger partial charge in [0.05, 0.1) is 0 Å². The molecule has 0 aliphatic carbocycles. The number of hydrogen-bond acceptors (Lipinski definition) is 3. The number of hydrogen-bond donors (Lipinski definition) is 2. The molecule has 2 N–H and O–H groups in total. The first kappa shape index (κ1) is 18.3. The van der Waals surface area contributed by atoms with Gasteiger partial charge in [0.15, 0.2) is 11.6 Å². The number of benzene rings is 2. The Balaban J connectivity index is 1.78. The normalized spacial score (nSPS) is 21.0. The predicted octanol–water partition coefficient (Wildman–Crippen LogP) is 3.34. The first-order valence-electron chi connectivity index (χ1n) is 8.73. The van der Waals surface area contributed by atoms with Crippen LogP contribution in [-0.4, -0.2) is 24.5 Å². The van der Waals surface area contributed by atoms with Crippen LogP contribution in [0.2, 0.25) is 0 Å². The van der Waals surface area contributed by atoms with Crippen molar-refractivity contribution in [1.82, 2.24) is 10.6 Å². The van der Waals surface area contributed by atoms with Crippen molar-refractivity contribution in [2.24, 2.45) is 0 Å². The van der Waals surface area contributed by atoms with E-state index in [2.05, 4.69) is 17.6 Å². The molecule has 0 aromatic heterocycles. The van der Waals surface area contributed by atoms with Gasteiger partial charge in [-0.15, -0.1) is 0 Å². The molecule has 3 atom stereocenters. The lowest BCUT2D eigenvalue weighted by atomic mass is 10.00. The van der Waals surface area contributed by atoms with Crippen LogP contribution in [0.3, 0.4) is 0 Å². The summed E-state index contributed by atoms with van der Waals surface area (Å²) >= 11 is 0. The standard InChI is InChI=1S/C20H22F2N2O2/c1-13-11-15(9-10-23-13)24-20(25)19(14-5-3-2-4-6-14)26-16-7-8-17(21)18(22)12-16/h2-8,12-13,15,19,23H,9-11H2,1H3,(H,24,25). The fourth-order valence-electron chi connectivity index (χ4n) is 3.13. The summed E-state index contributed by atoms with van der Waals surface area (Å²) in [5, 5.41) is 6.36. The Morgan fingerprint density at radius 2 is 1.96 bits per heavy atom. The average molecular weight is 360 g/mol. The molecule has 3 unspecified atom stereocenters. The quantitative estimate of drug-likeness (QED) is 0.860. The second-order valence-corrected chi connectivity index (χ2v) is 6.57. The van der Waals surface area contributed by atoms with Gasteiger partial charge in [-0.3, -0.25) is 4.79 Å². The van der Waals surface area contributed by atoms with E-state index in [0.29, 0.717) is 11.6 Å². The zero-order valence-corrected chi connectivity index (χ0v) is 14.5. The van der Waals surface area contributed by atoms with Crippen molar-refractivity contribution in [1.29, 1.82) is 0 Å². The number of halogens is 2. The molecule has 2 aromatic rings. The molecular weight excluding hydrogens is 338 g/mol. The molecule has 6 heteroatoms. The molecule has 4 nitrogen and oxygen atoms in total. The highest BCUT2D eigenvalue weighted by atomic mass is 19.2. The van der Waals surface area contributed by atoms with Crippen LogP contribution in [0.25, 0.3) is 0 Å². The molecule has 138 valence electrons. The predicted molar refractivity (Wildman–Crippen MR) is 94.8 cm³/mol. The number of amides is 1. The summed E-state index contributed by atoms with van der Waals surface area (Å²) in [6.07, 6.45) is 0.729. The molecule has 1 saturated heterocycles. The van der Waals surface area contributed by atoms with Crippen LogP contribution in [0, 0.1) is 11.6 Å². The monoisotopic (exact) mass is 360 g/mol. The number of carbonyl (C=O) groups excluding carboxylic acids is 1. The Bertz CT molecular complexity index is 755. The van der Waals surface area contributed by atoms with E-state index in [1.54, 1.807) is 24.3 Å². The minimum atomic E-state index is -1.01. The molecule has 2 aromatic carbocycles. The van der Waals surface area contributed by atoms with Gasteiger partial charge in [0.1, 0.15) is 5.75 Å². The van der Waals surface area contributed by atoms with Crippen molar-refractivity contribution >= 4 is 5.91 Å². The summed E-state index contributed by atoms with van der Waals surface area (Å²) in [5.41, 5.74) is 0.650. The molecule has 1 heterocycles. The Hall–Kier alpha value is -2.47. The maximum Gasteiger partial charge on any atom is 0.266 e. The molecule has 1 aliphatic rings. The van der Waals surface area contributed by atoms with Gasteiger partial charge in [-0.25, -0.2) is 8.78 Å². The maximum atomic E-state index is 13.5. The second kappa shape index (κ2) is 8.27. The van der Waals surface area contributed by atoms with Crippen molar-refractivity contribution in [3.05, 3.63) is 65.7 Å². The molecule has 0 radical (unpaired) electrons. The molecule has 1 aliphatic heterocycles. The van der Waals surface area contributed by atoms with E-state index in [9.17, 15) is 13.6 Å². The highest BCUT2D eigenvalue weighted by Gasteiger charge is 2.27. The number of rotatable bonds is 5. The SMILES string of the molecule is CC1CC(NC(=O)C(Oc2ccc(F)c(F)c2)c2ccccc2)CCN1. The van der Waals surface area contributed by atoms with Gasteiger partial charge in [-0.05, 0) is 38.4 Å². The lowest BCUT2D eigenvalue weighted by Gasteiger charge is -2.30. The molecule has 1 fully saturated rings. The van der Waals surface area contributed by atoms with Gasteiger partial charge in [-0.1, -0.05) is 30.3 Å². The summed E-state index contributed by atoms with van der Waals surface area (Å²) < 4.78 is 32.4. The van der Waals surface area contributed by atoms with Crippen LogP contribution in [0.5, 0.6) is 5.75 Å². The van der Waals surface area contributed by atoms with E-state index >= 15 is 0 Å². The van der Waals surface area contributed by atoms with Crippen LogP contribution in [0.15, 0.2) is 48.5 Å². The Morgan fingerprint density at radius 1 is 1.19 bits per heavy atom. The molecule has 0 spiro atoms. The lowest BCUT2D eigenvalue weighted by molar-refractivity contribution is -0.129. The molecular formula is C20H22F2N2O2. The summed E-state index contributed by atoms with van der Waals surface area (Å²) in [6, 6.07) is 12.6. The van der Waals surface area contributed by atoms with E-state index in [1.165, 1.54) is 6.07 Å². The van der Waals surface area contributed by atoms with E-state index < -0.39 is 17.7 Å². The van der Waals surface area contributed by atoms with Crippen LogP contribution >= 0.6 is 0 Å². The molecule has 3 rings (SSSR count). The number of nitrogens with one attached hydrogen (secondary N) is 2. The molecule has 26 heavy (non-hydrogen) atoms. The van der Waals surface area contributed by atoms with Gasteiger partial charge >= 0.3 is 0 Å². The van der Waals surface area contributed by atoms with Crippen molar-refractivity contribution in [3.8, 4) is 5.75 Å². The summed E-state index contributed by atoms with van der Waals surface area (Å²) in [5.74, 6) is -2.16.